The summed E-state index contributed by atoms with van der Waals surface area (Å²) in [6.45, 7) is 4.95. The van der Waals surface area contributed by atoms with Gasteiger partial charge in [-0.1, -0.05) is 24.3 Å². The minimum atomic E-state index is 0.702. The van der Waals surface area contributed by atoms with Crippen LogP contribution in [0.15, 0.2) is 66.9 Å². The largest absolute Gasteiger partial charge is 0.497 e. The van der Waals surface area contributed by atoms with Crippen molar-refractivity contribution in [3.8, 4) is 34.0 Å². The number of fused-ring (bicyclic) bond motifs is 3. The highest BCUT2D eigenvalue weighted by Gasteiger charge is 2.21. The maximum Gasteiger partial charge on any atom is 0.119 e. The van der Waals surface area contributed by atoms with E-state index in [9.17, 15) is 0 Å². The summed E-state index contributed by atoms with van der Waals surface area (Å²) in [4.78, 5) is 0. The van der Waals surface area contributed by atoms with E-state index in [2.05, 4.69) is 71.2 Å². The van der Waals surface area contributed by atoms with Crippen LogP contribution in [0.3, 0.4) is 0 Å². The molecule has 0 radical (unpaired) electrons. The van der Waals surface area contributed by atoms with Crippen LogP contribution in [-0.2, 0) is 6.54 Å². The van der Waals surface area contributed by atoms with Crippen molar-refractivity contribution in [1.29, 1.82) is 0 Å². The van der Waals surface area contributed by atoms with Gasteiger partial charge in [-0.25, -0.2) is 0 Å². The number of aromatic nitrogens is 3. The van der Waals surface area contributed by atoms with E-state index >= 15 is 0 Å². The Morgan fingerprint density at radius 3 is 2.34 bits per heavy atom. The van der Waals surface area contributed by atoms with Gasteiger partial charge in [0.1, 0.15) is 22.9 Å². The quantitative estimate of drug-likeness (QED) is 0.354. The van der Waals surface area contributed by atoms with Crippen LogP contribution >= 0.6 is 0 Å². The Bertz CT molecular complexity index is 1400. The predicted octanol–water partition coefficient (Wildman–Crippen LogP) is 5.89. The van der Waals surface area contributed by atoms with Gasteiger partial charge in [-0.05, 0) is 66.9 Å². The van der Waals surface area contributed by atoms with Crippen LogP contribution in [0, 0.1) is 13.8 Å². The smallest absolute Gasteiger partial charge is 0.119 e. The van der Waals surface area contributed by atoms with Crippen molar-refractivity contribution in [2.24, 2.45) is 0 Å². The Balaban J connectivity index is 1.72. The molecular formula is C27H25N3O2. The molecule has 5 rings (SSSR count). The number of hydrogen-bond acceptors (Lipinski definition) is 4. The van der Waals surface area contributed by atoms with Gasteiger partial charge in [-0.3, -0.25) is 0 Å². The molecule has 0 unspecified atom stereocenters. The number of methoxy groups -OCH3 is 2. The monoisotopic (exact) mass is 423 g/mol. The average Bonchev–Trinajstić information content (AvgIpc) is 3.24. The predicted molar refractivity (Wildman–Crippen MR) is 128 cm³/mol. The molecule has 5 heteroatoms. The van der Waals surface area contributed by atoms with Crippen molar-refractivity contribution >= 4 is 10.9 Å². The third-order valence-electron chi connectivity index (χ3n) is 6.08. The first-order valence-corrected chi connectivity index (χ1v) is 10.6. The lowest BCUT2D eigenvalue weighted by atomic mass is 9.99. The highest BCUT2D eigenvalue weighted by Crippen LogP contribution is 2.38. The molecule has 0 fully saturated rings. The lowest BCUT2D eigenvalue weighted by molar-refractivity contribution is 0.414. The molecule has 0 saturated heterocycles. The van der Waals surface area contributed by atoms with Crippen LogP contribution in [0.25, 0.3) is 33.4 Å². The van der Waals surface area contributed by atoms with Crippen LogP contribution < -0.4 is 9.47 Å². The van der Waals surface area contributed by atoms with Gasteiger partial charge < -0.3 is 14.0 Å². The van der Waals surface area contributed by atoms with E-state index in [1.807, 2.05) is 24.3 Å². The molecule has 3 aromatic carbocycles. The fraction of sp³-hybridized carbons (Fsp3) is 0.185. The van der Waals surface area contributed by atoms with Gasteiger partial charge >= 0.3 is 0 Å². The molecule has 0 N–H and O–H groups in total. The lowest BCUT2D eigenvalue weighted by Gasteiger charge is -2.16. The second-order valence-corrected chi connectivity index (χ2v) is 8.10. The van der Waals surface area contributed by atoms with Crippen LogP contribution in [0.2, 0.25) is 0 Å². The van der Waals surface area contributed by atoms with E-state index in [-0.39, 0.29) is 0 Å². The Kier molecular flexibility index (Phi) is 5.02. The van der Waals surface area contributed by atoms with Gasteiger partial charge in [0.05, 0.1) is 19.7 Å². The number of hydrogen-bond donors (Lipinski definition) is 0. The van der Waals surface area contributed by atoms with Crippen molar-refractivity contribution in [2.45, 2.75) is 20.4 Å². The molecule has 0 amide bonds. The number of ether oxygens (including phenoxy) is 2. The Labute approximate surface area is 187 Å². The van der Waals surface area contributed by atoms with Crippen molar-refractivity contribution in [2.75, 3.05) is 14.2 Å². The fourth-order valence-electron chi connectivity index (χ4n) is 4.15. The van der Waals surface area contributed by atoms with Crippen LogP contribution in [-0.4, -0.2) is 29.0 Å². The zero-order valence-electron chi connectivity index (χ0n) is 18.7. The second kappa shape index (κ2) is 8.00. The molecule has 2 heterocycles. The zero-order valence-corrected chi connectivity index (χ0v) is 18.7. The van der Waals surface area contributed by atoms with Crippen molar-refractivity contribution in [1.82, 2.24) is 14.8 Å². The summed E-state index contributed by atoms with van der Waals surface area (Å²) in [5, 5.41) is 10.2. The topological polar surface area (TPSA) is 49.2 Å². The van der Waals surface area contributed by atoms with E-state index in [1.165, 1.54) is 11.1 Å². The standard InChI is InChI=1S/C27H25N3O2/c1-17-8-9-20(12-18(17)2)26-24-16-30(15-19-6-5-7-21(13-19)31-3)25-11-10-22(32-4)14-23(25)27(24)29-28-26/h5-14,16H,15H2,1-4H3. The molecule has 0 aliphatic carbocycles. The first kappa shape index (κ1) is 20.1. The first-order valence-electron chi connectivity index (χ1n) is 10.6. The zero-order chi connectivity index (χ0) is 22.2. The molecular weight excluding hydrogens is 398 g/mol. The molecule has 0 saturated carbocycles. The third kappa shape index (κ3) is 3.46. The van der Waals surface area contributed by atoms with Gasteiger partial charge in [0, 0.05) is 29.3 Å². The minimum Gasteiger partial charge on any atom is -0.497 e. The van der Waals surface area contributed by atoms with Crippen molar-refractivity contribution in [3.05, 3.63) is 83.6 Å². The second-order valence-electron chi connectivity index (χ2n) is 8.10. The van der Waals surface area contributed by atoms with Crippen LogP contribution in [0.5, 0.6) is 11.5 Å². The summed E-state index contributed by atoms with van der Waals surface area (Å²) in [6, 6.07) is 20.7. The molecule has 0 bridgehead atoms. The maximum atomic E-state index is 5.51. The summed E-state index contributed by atoms with van der Waals surface area (Å²) < 4.78 is 13.2. The average molecular weight is 424 g/mol. The van der Waals surface area contributed by atoms with E-state index < -0.39 is 0 Å². The van der Waals surface area contributed by atoms with E-state index in [4.69, 9.17) is 9.47 Å². The number of aryl methyl sites for hydroxylation is 2. The summed E-state index contributed by atoms with van der Waals surface area (Å²) in [7, 11) is 3.37. The summed E-state index contributed by atoms with van der Waals surface area (Å²) in [5.74, 6) is 1.65. The molecule has 2 aliphatic rings. The minimum absolute atomic E-state index is 0.702. The van der Waals surface area contributed by atoms with Crippen molar-refractivity contribution < 1.29 is 9.47 Å². The van der Waals surface area contributed by atoms with E-state index in [0.29, 0.717) is 6.54 Å². The van der Waals surface area contributed by atoms with Gasteiger partial charge in [-0.2, -0.15) is 0 Å². The molecule has 0 spiro atoms. The SMILES string of the molecule is COc1cccc(Cn2cc3c(-c4ccc(C)c(C)c4)nnc-3c3cc(OC)ccc32)c1. The molecule has 0 aromatic heterocycles. The number of pyridine rings is 1. The van der Waals surface area contributed by atoms with Crippen molar-refractivity contribution in [3.63, 3.8) is 0 Å². The molecule has 5 nitrogen and oxygen atoms in total. The van der Waals surface area contributed by atoms with Crippen LogP contribution in [0.1, 0.15) is 16.7 Å². The fourth-order valence-corrected chi connectivity index (χ4v) is 4.15. The van der Waals surface area contributed by atoms with Gasteiger partial charge in [0.2, 0.25) is 0 Å². The molecule has 160 valence electrons. The van der Waals surface area contributed by atoms with E-state index in [1.54, 1.807) is 14.2 Å². The number of rotatable bonds is 5. The normalized spacial score (nSPS) is 11.2. The molecule has 0 atom stereocenters. The Morgan fingerprint density at radius 2 is 1.56 bits per heavy atom. The summed E-state index contributed by atoms with van der Waals surface area (Å²) in [5.41, 5.74) is 8.62. The summed E-state index contributed by atoms with van der Waals surface area (Å²) in [6.07, 6.45) is 2.16. The number of nitrogens with zero attached hydrogens (tertiary/aromatic N) is 3. The molecule has 3 aromatic rings. The highest BCUT2D eigenvalue weighted by molar-refractivity contribution is 5.98. The third-order valence-corrected chi connectivity index (χ3v) is 6.08. The highest BCUT2D eigenvalue weighted by atomic mass is 16.5. The van der Waals surface area contributed by atoms with Gasteiger partial charge in [0.25, 0.3) is 0 Å². The van der Waals surface area contributed by atoms with Gasteiger partial charge in [0.15, 0.2) is 0 Å². The maximum absolute atomic E-state index is 5.51. The van der Waals surface area contributed by atoms with Crippen LogP contribution in [0.4, 0.5) is 0 Å². The molecule has 2 aliphatic heterocycles. The Morgan fingerprint density at radius 1 is 0.781 bits per heavy atom. The number of benzene rings is 3. The Hall–Kier alpha value is -3.86. The first-order chi connectivity index (χ1) is 15.6. The molecule has 32 heavy (non-hydrogen) atoms. The van der Waals surface area contributed by atoms with E-state index in [0.717, 1.165) is 50.5 Å². The lowest BCUT2D eigenvalue weighted by Crippen LogP contribution is -2.04. The van der Waals surface area contributed by atoms with Gasteiger partial charge in [-0.15, -0.1) is 10.2 Å². The summed E-state index contributed by atoms with van der Waals surface area (Å²) >= 11 is 0.